The summed E-state index contributed by atoms with van der Waals surface area (Å²) in [4.78, 5) is 12.0. The average molecular weight is 313 g/mol. The van der Waals surface area contributed by atoms with Crippen molar-refractivity contribution in [3.05, 3.63) is 63.4 Å². The van der Waals surface area contributed by atoms with E-state index in [0.717, 1.165) is 0 Å². The fraction of sp³-hybridized carbons (Fsp3) is 0.0714. The number of hydrogen-bond acceptors (Lipinski definition) is 2. The number of anilines is 1. The van der Waals surface area contributed by atoms with Crippen molar-refractivity contribution < 1.29 is 9.18 Å². The smallest absolute Gasteiger partial charge is 0.253 e. The minimum Gasteiger partial charge on any atom is -0.398 e. The Labute approximate surface area is 125 Å². The molecule has 0 bridgehead atoms. The molecule has 0 fully saturated rings. The van der Waals surface area contributed by atoms with Crippen LogP contribution in [0.5, 0.6) is 0 Å². The van der Waals surface area contributed by atoms with Crippen LogP contribution in [0.2, 0.25) is 10.0 Å². The van der Waals surface area contributed by atoms with Crippen LogP contribution in [-0.2, 0) is 6.54 Å². The summed E-state index contributed by atoms with van der Waals surface area (Å²) in [5.41, 5.74) is 7.05. The topological polar surface area (TPSA) is 55.1 Å². The zero-order valence-corrected chi connectivity index (χ0v) is 11.8. The van der Waals surface area contributed by atoms with E-state index in [4.69, 9.17) is 28.9 Å². The number of carbonyl (C=O) groups is 1. The Morgan fingerprint density at radius 3 is 2.60 bits per heavy atom. The van der Waals surface area contributed by atoms with Crippen molar-refractivity contribution in [3.8, 4) is 0 Å². The van der Waals surface area contributed by atoms with Gasteiger partial charge in [0.05, 0.1) is 10.6 Å². The molecule has 0 saturated carbocycles. The SMILES string of the molecule is Nc1cc(Cl)ccc1C(=O)NCc1ccc(F)c(Cl)c1. The van der Waals surface area contributed by atoms with Gasteiger partial charge in [-0.3, -0.25) is 4.79 Å². The van der Waals surface area contributed by atoms with Crippen molar-refractivity contribution in [2.45, 2.75) is 6.54 Å². The molecule has 0 aromatic heterocycles. The highest BCUT2D eigenvalue weighted by atomic mass is 35.5. The summed E-state index contributed by atoms with van der Waals surface area (Å²) in [5.74, 6) is -0.830. The van der Waals surface area contributed by atoms with Crippen molar-refractivity contribution in [1.29, 1.82) is 0 Å². The first-order valence-electron chi connectivity index (χ1n) is 5.74. The molecule has 0 aliphatic rings. The summed E-state index contributed by atoms with van der Waals surface area (Å²) < 4.78 is 13.0. The third kappa shape index (κ3) is 3.40. The molecule has 2 aromatic rings. The van der Waals surface area contributed by atoms with E-state index < -0.39 is 5.82 Å². The Kier molecular flexibility index (Phi) is 4.47. The number of amides is 1. The average Bonchev–Trinajstić information content (AvgIpc) is 2.40. The van der Waals surface area contributed by atoms with Gasteiger partial charge in [0.2, 0.25) is 0 Å². The molecule has 2 rings (SSSR count). The maximum Gasteiger partial charge on any atom is 0.253 e. The molecule has 0 atom stereocenters. The van der Waals surface area contributed by atoms with Gasteiger partial charge in [-0.15, -0.1) is 0 Å². The van der Waals surface area contributed by atoms with Crippen LogP contribution in [-0.4, -0.2) is 5.91 Å². The first-order chi connectivity index (χ1) is 9.47. The molecule has 1 amide bonds. The first kappa shape index (κ1) is 14.6. The van der Waals surface area contributed by atoms with E-state index in [1.807, 2.05) is 0 Å². The van der Waals surface area contributed by atoms with E-state index >= 15 is 0 Å². The molecule has 6 heteroatoms. The molecule has 0 aliphatic heterocycles. The molecule has 3 nitrogen and oxygen atoms in total. The van der Waals surface area contributed by atoms with Crippen LogP contribution < -0.4 is 11.1 Å². The fourth-order valence-electron chi connectivity index (χ4n) is 1.67. The number of rotatable bonds is 3. The first-order valence-corrected chi connectivity index (χ1v) is 6.50. The van der Waals surface area contributed by atoms with Crippen LogP contribution in [0, 0.1) is 5.82 Å². The number of benzene rings is 2. The zero-order valence-electron chi connectivity index (χ0n) is 10.3. The van der Waals surface area contributed by atoms with Crippen LogP contribution in [0.4, 0.5) is 10.1 Å². The van der Waals surface area contributed by atoms with Gasteiger partial charge in [0.1, 0.15) is 5.82 Å². The van der Waals surface area contributed by atoms with Gasteiger partial charge in [-0.25, -0.2) is 4.39 Å². The largest absolute Gasteiger partial charge is 0.398 e. The predicted molar refractivity (Wildman–Crippen MR) is 78.4 cm³/mol. The van der Waals surface area contributed by atoms with Crippen LogP contribution in [0.1, 0.15) is 15.9 Å². The standard InChI is InChI=1S/C14H11Cl2FN2O/c15-9-2-3-10(13(18)6-9)14(20)19-7-8-1-4-12(17)11(16)5-8/h1-6H,7,18H2,(H,19,20). The van der Waals surface area contributed by atoms with Crippen molar-refractivity contribution in [1.82, 2.24) is 5.32 Å². The van der Waals surface area contributed by atoms with E-state index in [1.54, 1.807) is 18.2 Å². The number of halogens is 3. The maximum absolute atomic E-state index is 13.0. The van der Waals surface area contributed by atoms with Gasteiger partial charge in [-0.05, 0) is 35.9 Å². The van der Waals surface area contributed by atoms with Gasteiger partial charge < -0.3 is 11.1 Å². The van der Waals surface area contributed by atoms with Crippen LogP contribution >= 0.6 is 23.2 Å². The molecule has 0 unspecified atom stereocenters. The molecule has 0 saturated heterocycles. The van der Waals surface area contributed by atoms with Crippen molar-refractivity contribution in [2.24, 2.45) is 0 Å². The van der Waals surface area contributed by atoms with Gasteiger partial charge in [0, 0.05) is 17.3 Å². The Bertz CT molecular complexity index is 662. The highest BCUT2D eigenvalue weighted by Crippen LogP contribution is 2.19. The molecule has 2 aromatic carbocycles. The second-order valence-electron chi connectivity index (χ2n) is 4.16. The lowest BCUT2D eigenvalue weighted by Gasteiger charge is -2.08. The van der Waals surface area contributed by atoms with Crippen molar-refractivity contribution in [2.75, 3.05) is 5.73 Å². The molecule has 0 spiro atoms. The minimum atomic E-state index is -0.497. The highest BCUT2D eigenvalue weighted by molar-refractivity contribution is 6.31. The van der Waals surface area contributed by atoms with E-state index in [9.17, 15) is 9.18 Å². The van der Waals surface area contributed by atoms with E-state index in [-0.39, 0.29) is 17.5 Å². The summed E-state index contributed by atoms with van der Waals surface area (Å²) in [7, 11) is 0. The predicted octanol–water partition coefficient (Wildman–Crippen LogP) is 3.64. The Morgan fingerprint density at radius 2 is 1.95 bits per heavy atom. The molecular weight excluding hydrogens is 302 g/mol. The second-order valence-corrected chi connectivity index (χ2v) is 5.01. The number of carbonyl (C=O) groups excluding carboxylic acids is 1. The van der Waals surface area contributed by atoms with Crippen LogP contribution in [0.25, 0.3) is 0 Å². The summed E-state index contributed by atoms with van der Waals surface area (Å²) >= 11 is 11.4. The normalized spacial score (nSPS) is 10.3. The molecular formula is C14H11Cl2FN2O. The lowest BCUT2D eigenvalue weighted by molar-refractivity contribution is 0.0952. The monoisotopic (exact) mass is 312 g/mol. The summed E-state index contributed by atoms with van der Waals surface area (Å²) in [6.07, 6.45) is 0. The number of nitrogen functional groups attached to an aromatic ring is 1. The number of hydrogen-bond donors (Lipinski definition) is 2. The van der Waals surface area contributed by atoms with E-state index in [2.05, 4.69) is 5.32 Å². The molecule has 0 heterocycles. The lowest BCUT2D eigenvalue weighted by atomic mass is 10.1. The van der Waals surface area contributed by atoms with Gasteiger partial charge in [0.25, 0.3) is 5.91 Å². The molecule has 0 aliphatic carbocycles. The van der Waals surface area contributed by atoms with E-state index in [1.165, 1.54) is 18.2 Å². The maximum atomic E-state index is 13.0. The van der Waals surface area contributed by atoms with Crippen molar-refractivity contribution in [3.63, 3.8) is 0 Å². The minimum absolute atomic E-state index is 0.0164. The quantitative estimate of drug-likeness (QED) is 0.850. The molecule has 0 radical (unpaired) electrons. The van der Waals surface area contributed by atoms with E-state index in [0.29, 0.717) is 21.8 Å². The Balaban J connectivity index is 2.06. The third-order valence-electron chi connectivity index (χ3n) is 2.70. The molecule has 3 N–H and O–H groups in total. The van der Waals surface area contributed by atoms with Gasteiger partial charge >= 0.3 is 0 Å². The summed E-state index contributed by atoms with van der Waals surface area (Å²) in [5, 5.41) is 3.16. The Hall–Kier alpha value is -1.78. The molecule has 104 valence electrons. The van der Waals surface area contributed by atoms with Gasteiger partial charge in [-0.2, -0.15) is 0 Å². The lowest BCUT2D eigenvalue weighted by Crippen LogP contribution is -2.23. The van der Waals surface area contributed by atoms with Crippen molar-refractivity contribution >= 4 is 34.8 Å². The van der Waals surface area contributed by atoms with Crippen LogP contribution in [0.15, 0.2) is 36.4 Å². The Morgan fingerprint density at radius 1 is 1.20 bits per heavy atom. The third-order valence-corrected chi connectivity index (χ3v) is 3.22. The number of nitrogens with two attached hydrogens (primary N) is 1. The summed E-state index contributed by atoms with van der Waals surface area (Å²) in [6, 6.07) is 8.90. The highest BCUT2D eigenvalue weighted by Gasteiger charge is 2.10. The van der Waals surface area contributed by atoms with Gasteiger partial charge in [-0.1, -0.05) is 29.3 Å². The van der Waals surface area contributed by atoms with Gasteiger partial charge in [0.15, 0.2) is 0 Å². The number of nitrogens with one attached hydrogen (secondary N) is 1. The zero-order chi connectivity index (χ0) is 14.7. The summed E-state index contributed by atoms with van der Waals surface area (Å²) in [6.45, 7) is 0.223. The second kappa shape index (κ2) is 6.11. The van der Waals surface area contributed by atoms with Crippen LogP contribution in [0.3, 0.4) is 0 Å². The fourth-order valence-corrected chi connectivity index (χ4v) is 2.05. The molecule has 20 heavy (non-hydrogen) atoms.